The van der Waals surface area contributed by atoms with Gasteiger partial charge in [-0.3, -0.25) is 9.36 Å². The molecule has 1 aromatic carbocycles. The molecule has 6 nitrogen and oxygen atoms in total. The van der Waals surface area contributed by atoms with Crippen molar-refractivity contribution < 1.29 is 9.53 Å². The number of fused-ring (bicyclic) bond motifs is 1. The Kier molecular flexibility index (Phi) is 6.01. The third-order valence-corrected chi connectivity index (χ3v) is 6.52. The van der Waals surface area contributed by atoms with Crippen LogP contribution in [0.2, 0.25) is 0 Å². The first-order chi connectivity index (χ1) is 13.6. The molecule has 2 aliphatic rings. The first kappa shape index (κ1) is 19.5. The molecule has 1 aliphatic carbocycles. The summed E-state index contributed by atoms with van der Waals surface area (Å²) >= 11 is 1.58. The number of morpholine rings is 1. The number of carbonyl (C=O) groups excluding carboxylic acids is 1. The SMILES string of the molecule is CC(C)Cn1c(SC2CCCc3ccccc3C2=O)nnc1N1CCOCC1. The third kappa shape index (κ3) is 4.10. The lowest BCUT2D eigenvalue weighted by Gasteiger charge is -2.28. The predicted octanol–water partition coefficient (Wildman–Crippen LogP) is 3.45. The van der Waals surface area contributed by atoms with Gasteiger partial charge in [0.2, 0.25) is 5.95 Å². The van der Waals surface area contributed by atoms with Gasteiger partial charge in [-0.05, 0) is 30.7 Å². The van der Waals surface area contributed by atoms with Crippen LogP contribution >= 0.6 is 11.8 Å². The summed E-state index contributed by atoms with van der Waals surface area (Å²) in [6, 6.07) is 8.03. The maximum Gasteiger partial charge on any atom is 0.228 e. The van der Waals surface area contributed by atoms with Gasteiger partial charge in [0.15, 0.2) is 10.9 Å². The highest BCUT2D eigenvalue weighted by Gasteiger charge is 2.29. The number of aryl methyl sites for hydroxylation is 1. The van der Waals surface area contributed by atoms with Crippen LogP contribution in [0, 0.1) is 5.92 Å². The van der Waals surface area contributed by atoms with Crippen molar-refractivity contribution in [2.45, 2.75) is 50.1 Å². The molecule has 1 fully saturated rings. The topological polar surface area (TPSA) is 60.2 Å². The first-order valence-corrected chi connectivity index (χ1v) is 11.1. The van der Waals surface area contributed by atoms with Crippen molar-refractivity contribution in [1.82, 2.24) is 14.8 Å². The number of ketones is 1. The zero-order chi connectivity index (χ0) is 19.5. The second kappa shape index (κ2) is 8.66. The zero-order valence-electron chi connectivity index (χ0n) is 16.6. The van der Waals surface area contributed by atoms with E-state index in [2.05, 4.69) is 39.6 Å². The van der Waals surface area contributed by atoms with Crippen LogP contribution < -0.4 is 4.90 Å². The lowest BCUT2D eigenvalue weighted by atomic mass is 10.0. The quantitative estimate of drug-likeness (QED) is 0.717. The molecule has 2 aromatic rings. The van der Waals surface area contributed by atoms with Crippen LogP contribution in [0.3, 0.4) is 0 Å². The van der Waals surface area contributed by atoms with Gasteiger partial charge in [0.25, 0.3) is 0 Å². The number of thioether (sulfide) groups is 1. The molecule has 0 radical (unpaired) electrons. The molecule has 0 amide bonds. The van der Waals surface area contributed by atoms with Gasteiger partial charge in [0.1, 0.15) is 0 Å². The molecule has 7 heteroatoms. The van der Waals surface area contributed by atoms with Gasteiger partial charge in [-0.2, -0.15) is 0 Å². The molecule has 2 heterocycles. The Morgan fingerprint density at radius 2 is 2.00 bits per heavy atom. The van der Waals surface area contributed by atoms with Gasteiger partial charge in [-0.25, -0.2) is 0 Å². The van der Waals surface area contributed by atoms with E-state index in [1.165, 1.54) is 5.56 Å². The van der Waals surface area contributed by atoms with Crippen LogP contribution in [0.4, 0.5) is 5.95 Å². The Morgan fingerprint density at radius 1 is 1.21 bits per heavy atom. The first-order valence-electron chi connectivity index (χ1n) is 10.2. The molecule has 4 rings (SSSR count). The Labute approximate surface area is 170 Å². The standard InChI is InChI=1S/C21H28N4O2S/c1-15(2)14-25-20(24-10-12-27-13-11-24)22-23-21(25)28-18-9-5-7-16-6-3-4-8-17(16)19(18)26/h3-4,6,8,15,18H,5,7,9-14H2,1-2H3. The van der Waals surface area contributed by atoms with E-state index in [1.807, 2.05) is 18.2 Å². The summed E-state index contributed by atoms with van der Waals surface area (Å²) in [5.74, 6) is 1.60. The molecular formula is C21H28N4O2S. The highest BCUT2D eigenvalue weighted by molar-refractivity contribution is 8.00. The van der Waals surface area contributed by atoms with Gasteiger partial charge >= 0.3 is 0 Å². The second-order valence-electron chi connectivity index (χ2n) is 7.91. The number of benzene rings is 1. The monoisotopic (exact) mass is 400 g/mol. The van der Waals surface area contributed by atoms with Crippen molar-refractivity contribution >= 4 is 23.5 Å². The summed E-state index contributed by atoms with van der Waals surface area (Å²) in [5, 5.41) is 9.76. The Balaban J connectivity index is 1.60. The lowest BCUT2D eigenvalue weighted by molar-refractivity contribution is 0.0988. The van der Waals surface area contributed by atoms with Crippen LogP contribution in [0.1, 0.15) is 42.6 Å². The zero-order valence-corrected chi connectivity index (χ0v) is 17.5. The van der Waals surface area contributed by atoms with Gasteiger partial charge < -0.3 is 9.64 Å². The smallest absolute Gasteiger partial charge is 0.228 e. The normalized spacial score (nSPS) is 20.3. The van der Waals surface area contributed by atoms with E-state index >= 15 is 0 Å². The minimum absolute atomic E-state index is 0.101. The summed E-state index contributed by atoms with van der Waals surface area (Å²) in [6.45, 7) is 8.34. The minimum Gasteiger partial charge on any atom is -0.378 e. The van der Waals surface area contributed by atoms with Crippen molar-refractivity contribution in [3.05, 3.63) is 35.4 Å². The van der Waals surface area contributed by atoms with Gasteiger partial charge in [-0.15, -0.1) is 10.2 Å². The summed E-state index contributed by atoms with van der Waals surface area (Å²) in [7, 11) is 0. The Hall–Kier alpha value is -1.86. The summed E-state index contributed by atoms with van der Waals surface area (Å²) < 4.78 is 7.68. The molecule has 28 heavy (non-hydrogen) atoms. The number of hydrogen-bond donors (Lipinski definition) is 0. The Bertz CT molecular complexity index is 830. The van der Waals surface area contributed by atoms with Crippen molar-refractivity contribution in [3.8, 4) is 0 Å². The number of anilines is 1. The molecule has 0 saturated carbocycles. The minimum atomic E-state index is -0.101. The average Bonchev–Trinajstić information content (AvgIpc) is 3.01. The molecule has 1 aliphatic heterocycles. The van der Waals surface area contributed by atoms with Crippen molar-refractivity contribution in [2.24, 2.45) is 5.92 Å². The number of rotatable bonds is 5. The maximum absolute atomic E-state index is 13.2. The molecule has 1 unspecified atom stereocenters. The van der Waals surface area contributed by atoms with Crippen LogP contribution in [0.5, 0.6) is 0 Å². The fraction of sp³-hybridized carbons (Fsp3) is 0.571. The van der Waals surface area contributed by atoms with E-state index in [0.717, 1.165) is 68.8 Å². The number of ether oxygens (including phenoxy) is 1. The second-order valence-corrected chi connectivity index (χ2v) is 9.08. The number of hydrogen-bond acceptors (Lipinski definition) is 6. The van der Waals surface area contributed by atoms with Gasteiger partial charge in [0, 0.05) is 25.2 Å². The van der Waals surface area contributed by atoms with E-state index in [1.54, 1.807) is 11.8 Å². The van der Waals surface area contributed by atoms with Crippen LogP contribution in [0.25, 0.3) is 0 Å². The Morgan fingerprint density at radius 3 is 2.79 bits per heavy atom. The molecule has 150 valence electrons. The van der Waals surface area contributed by atoms with E-state index in [0.29, 0.717) is 5.92 Å². The summed E-state index contributed by atoms with van der Waals surface area (Å²) in [6.07, 6.45) is 2.87. The van der Waals surface area contributed by atoms with Crippen LogP contribution in [-0.4, -0.2) is 52.1 Å². The average molecular weight is 401 g/mol. The molecule has 0 N–H and O–H groups in total. The third-order valence-electron chi connectivity index (χ3n) is 5.27. The van der Waals surface area contributed by atoms with Crippen molar-refractivity contribution in [1.29, 1.82) is 0 Å². The number of aromatic nitrogens is 3. The number of carbonyl (C=O) groups is 1. The van der Waals surface area contributed by atoms with Crippen LogP contribution in [-0.2, 0) is 17.7 Å². The number of Topliss-reactive ketones (excluding diaryl/α,β-unsaturated/α-hetero) is 1. The van der Waals surface area contributed by atoms with E-state index in [9.17, 15) is 4.79 Å². The fourth-order valence-electron chi connectivity index (χ4n) is 3.89. The van der Waals surface area contributed by atoms with Crippen molar-refractivity contribution in [3.63, 3.8) is 0 Å². The molecule has 0 spiro atoms. The number of nitrogens with zero attached hydrogens (tertiary/aromatic N) is 4. The van der Waals surface area contributed by atoms with Crippen molar-refractivity contribution in [2.75, 3.05) is 31.2 Å². The molecule has 1 saturated heterocycles. The van der Waals surface area contributed by atoms with E-state index in [4.69, 9.17) is 4.74 Å². The highest BCUT2D eigenvalue weighted by atomic mass is 32.2. The van der Waals surface area contributed by atoms with E-state index < -0.39 is 0 Å². The van der Waals surface area contributed by atoms with Crippen LogP contribution in [0.15, 0.2) is 29.4 Å². The lowest BCUT2D eigenvalue weighted by Crippen LogP contribution is -2.38. The predicted molar refractivity (Wildman–Crippen MR) is 111 cm³/mol. The summed E-state index contributed by atoms with van der Waals surface area (Å²) in [4.78, 5) is 15.4. The van der Waals surface area contributed by atoms with Gasteiger partial charge in [0.05, 0.1) is 18.5 Å². The molecule has 0 bridgehead atoms. The highest BCUT2D eigenvalue weighted by Crippen LogP contribution is 2.34. The van der Waals surface area contributed by atoms with Gasteiger partial charge in [-0.1, -0.05) is 49.9 Å². The molecule has 1 aromatic heterocycles. The molecule has 1 atom stereocenters. The fourth-order valence-corrected chi connectivity index (χ4v) is 5.04. The summed E-state index contributed by atoms with van der Waals surface area (Å²) in [5.41, 5.74) is 2.05. The van der Waals surface area contributed by atoms with E-state index in [-0.39, 0.29) is 11.0 Å². The molecular weight excluding hydrogens is 372 g/mol. The largest absolute Gasteiger partial charge is 0.378 e. The maximum atomic E-state index is 13.2.